The molecule has 0 N–H and O–H groups in total. The van der Waals surface area contributed by atoms with Crippen LogP contribution in [-0.4, -0.2) is 13.7 Å². The molecular formula is C14H10Cl2O4S. The minimum absolute atomic E-state index is 0.0457. The second-order valence-electron chi connectivity index (χ2n) is 4.25. The Kier molecular flexibility index (Phi) is 4.56. The summed E-state index contributed by atoms with van der Waals surface area (Å²) in [6.07, 6.45) is 0. The summed E-state index contributed by atoms with van der Waals surface area (Å²) in [5.41, 5.74) is 1.01. The Morgan fingerprint density at radius 1 is 1.10 bits per heavy atom. The monoisotopic (exact) mass is 344 g/mol. The van der Waals surface area contributed by atoms with Crippen LogP contribution in [0.15, 0.2) is 47.4 Å². The van der Waals surface area contributed by atoms with E-state index in [1.807, 2.05) is 0 Å². The van der Waals surface area contributed by atoms with E-state index < -0.39 is 15.4 Å². The molecule has 4 nitrogen and oxygen atoms in total. The molecule has 0 bridgehead atoms. The van der Waals surface area contributed by atoms with Gasteiger partial charge < -0.3 is 4.18 Å². The van der Waals surface area contributed by atoms with Gasteiger partial charge in [0, 0.05) is 10.6 Å². The standard InChI is InChI=1S/C14H10Cl2O4S/c1-9-2-7-12(8-13(9)15)21(18,19)20-11-5-3-10(4-6-11)14(16)17/h2-8H,1H3. The van der Waals surface area contributed by atoms with Crippen molar-refractivity contribution >= 4 is 38.6 Å². The summed E-state index contributed by atoms with van der Waals surface area (Å²) in [6.45, 7) is 1.77. The number of benzene rings is 2. The first kappa shape index (κ1) is 15.8. The molecule has 0 aliphatic carbocycles. The molecule has 0 saturated heterocycles. The molecule has 7 heteroatoms. The Labute approximate surface area is 132 Å². The van der Waals surface area contributed by atoms with Crippen molar-refractivity contribution in [3.05, 3.63) is 58.6 Å². The number of hydrogen-bond acceptors (Lipinski definition) is 4. The van der Waals surface area contributed by atoms with Gasteiger partial charge in [0.25, 0.3) is 5.24 Å². The fourth-order valence-corrected chi connectivity index (χ4v) is 2.87. The van der Waals surface area contributed by atoms with Crippen LogP contribution in [0, 0.1) is 6.92 Å². The van der Waals surface area contributed by atoms with Crippen molar-refractivity contribution in [2.45, 2.75) is 11.8 Å². The smallest absolute Gasteiger partial charge is 0.339 e. The molecule has 0 saturated carbocycles. The van der Waals surface area contributed by atoms with Crippen LogP contribution in [0.2, 0.25) is 5.02 Å². The van der Waals surface area contributed by atoms with Crippen LogP contribution in [0.4, 0.5) is 0 Å². The lowest BCUT2D eigenvalue weighted by Crippen LogP contribution is -2.10. The van der Waals surface area contributed by atoms with Gasteiger partial charge in [-0.15, -0.1) is 0 Å². The molecule has 2 aromatic rings. The number of carbonyl (C=O) groups is 1. The van der Waals surface area contributed by atoms with Crippen molar-refractivity contribution in [1.29, 1.82) is 0 Å². The SMILES string of the molecule is Cc1ccc(S(=O)(=O)Oc2ccc(C(=O)Cl)cc2)cc1Cl. The summed E-state index contributed by atoms with van der Waals surface area (Å²) in [5, 5.41) is -0.294. The van der Waals surface area contributed by atoms with E-state index in [1.54, 1.807) is 13.0 Å². The summed E-state index contributed by atoms with van der Waals surface area (Å²) >= 11 is 11.2. The van der Waals surface area contributed by atoms with Crippen LogP contribution in [-0.2, 0) is 10.1 Å². The Morgan fingerprint density at radius 3 is 2.24 bits per heavy atom. The number of rotatable bonds is 4. The molecular weight excluding hydrogens is 335 g/mol. The van der Waals surface area contributed by atoms with Crippen LogP contribution >= 0.6 is 23.2 Å². The summed E-state index contributed by atoms with van der Waals surface area (Å²) in [6, 6.07) is 9.78. The zero-order valence-corrected chi connectivity index (χ0v) is 13.2. The molecule has 0 atom stereocenters. The summed E-state index contributed by atoms with van der Waals surface area (Å²) in [7, 11) is -3.99. The highest BCUT2D eigenvalue weighted by atomic mass is 35.5. The minimum Gasteiger partial charge on any atom is -0.379 e. The van der Waals surface area contributed by atoms with E-state index in [1.165, 1.54) is 36.4 Å². The summed E-state index contributed by atoms with van der Waals surface area (Å²) in [4.78, 5) is 10.9. The largest absolute Gasteiger partial charge is 0.379 e. The van der Waals surface area contributed by atoms with E-state index in [0.29, 0.717) is 5.02 Å². The van der Waals surface area contributed by atoms with Crippen LogP contribution in [0.25, 0.3) is 0 Å². The van der Waals surface area contributed by atoms with Gasteiger partial charge in [-0.25, -0.2) is 0 Å². The van der Waals surface area contributed by atoms with Crippen molar-refractivity contribution in [3.63, 3.8) is 0 Å². The lowest BCUT2D eigenvalue weighted by Gasteiger charge is -2.08. The van der Waals surface area contributed by atoms with E-state index >= 15 is 0 Å². The second-order valence-corrected chi connectivity index (χ2v) is 6.54. The normalized spacial score (nSPS) is 11.2. The number of hydrogen-bond donors (Lipinski definition) is 0. The Morgan fingerprint density at radius 2 is 1.71 bits per heavy atom. The average molecular weight is 345 g/mol. The molecule has 0 aromatic heterocycles. The lowest BCUT2D eigenvalue weighted by atomic mass is 10.2. The maximum absolute atomic E-state index is 12.1. The van der Waals surface area contributed by atoms with Gasteiger partial charge in [-0.05, 0) is 60.5 Å². The van der Waals surface area contributed by atoms with Gasteiger partial charge >= 0.3 is 10.1 Å². The van der Waals surface area contributed by atoms with E-state index in [0.717, 1.165) is 5.56 Å². The third-order valence-electron chi connectivity index (χ3n) is 2.72. The van der Waals surface area contributed by atoms with Crippen LogP contribution < -0.4 is 4.18 Å². The Balaban J connectivity index is 2.28. The molecule has 2 rings (SSSR count). The van der Waals surface area contributed by atoms with E-state index in [4.69, 9.17) is 27.4 Å². The maximum Gasteiger partial charge on any atom is 0.339 e. The van der Waals surface area contributed by atoms with Crippen molar-refractivity contribution in [1.82, 2.24) is 0 Å². The molecule has 0 spiro atoms. The predicted octanol–water partition coefficient (Wildman–Crippen LogP) is 3.80. The fraction of sp³-hybridized carbons (Fsp3) is 0.0714. The fourth-order valence-electron chi connectivity index (χ4n) is 1.55. The minimum atomic E-state index is -3.99. The molecule has 110 valence electrons. The number of aryl methyl sites for hydroxylation is 1. The van der Waals surface area contributed by atoms with E-state index in [9.17, 15) is 13.2 Å². The maximum atomic E-state index is 12.1. The van der Waals surface area contributed by atoms with Crippen LogP contribution in [0.1, 0.15) is 15.9 Å². The molecule has 2 aromatic carbocycles. The molecule has 0 radical (unpaired) electrons. The molecule has 21 heavy (non-hydrogen) atoms. The third-order valence-corrected chi connectivity index (χ3v) is 4.59. The second kappa shape index (κ2) is 6.05. The molecule has 0 aliphatic rings. The summed E-state index contributed by atoms with van der Waals surface area (Å²) in [5.74, 6) is 0.0772. The van der Waals surface area contributed by atoms with Crippen LogP contribution in [0.5, 0.6) is 5.75 Å². The Hall–Kier alpha value is -1.56. The highest BCUT2D eigenvalue weighted by Gasteiger charge is 2.17. The number of halogens is 2. The molecule has 0 fully saturated rings. The Bertz CT molecular complexity index is 783. The molecule has 0 unspecified atom stereocenters. The zero-order valence-electron chi connectivity index (χ0n) is 10.8. The number of carbonyl (C=O) groups excluding carboxylic acids is 1. The molecule has 0 heterocycles. The highest BCUT2D eigenvalue weighted by molar-refractivity contribution is 7.87. The van der Waals surface area contributed by atoms with Gasteiger partial charge in [-0.2, -0.15) is 8.42 Å². The van der Waals surface area contributed by atoms with E-state index in [2.05, 4.69) is 0 Å². The van der Waals surface area contributed by atoms with Gasteiger partial charge in [0.05, 0.1) is 0 Å². The first-order chi connectivity index (χ1) is 9.79. The average Bonchev–Trinajstić information content (AvgIpc) is 2.42. The molecule has 0 amide bonds. The molecule has 0 aliphatic heterocycles. The van der Waals surface area contributed by atoms with Gasteiger partial charge in [0.15, 0.2) is 0 Å². The van der Waals surface area contributed by atoms with Gasteiger partial charge in [0.1, 0.15) is 10.6 Å². The van der Waals surface area contributed by atoms with Crippen molar-refractivity contribution in [2.75, 3.05) is 0 Å². The van der Waals surface area contributed by atoms with Crippen molar-refractivity contribution in [2.24, 2.45) is 0 Å². The lowest BCUT2D eigenvalue weighted by molar-refractivity contribution is 0.108. The zero-order chi connectivity index (χ0) is 15.6. The predicted molar refractivity (Wildman–Crippen MR) is 80.6 cm³/mol. The quantitative estimate of drug-likeness (QED) is 0.625. The highest BCUT2D eigenvalue weighted by Crippen LogP contribution is 2.23. The van der Waals surface area contributed by atoms with Crippen LogP contribution in [0.3, 0.4) is 0 Å². The van der Waals surface area contributed by atoms with Gasteiger partial charge in [-0.1, -0.05) is 17.7 Å². The van der Waals surface area contributed by atoms with E-state index in [-0.39, 0.29) is 16.2 Å². The first-order valence-electron chi connectivity index (χ1n) is 5.80. The summed E-state index contributed by atoms with van der Waals surface area (Å²) < 4.78 is 29.2. The van der Waals surface area contributed by atoms with Gasteiger partial charge in [-0.3, -0.25) is 4.79 Å². The topological polar surface area (TPSA) is 60.4 Å². The van der Waals surface area contributed by atoms with Crippen molar-refractivity contribution < 1.29 is 17.4 Å². The van der Waals surface area contributed by atoms with Crippen molar-refractivity contribution in [3.8, 4) is 5.75 Å². The van der Waals surface area contributed by atoms with Gasteiger partial charge in [0.2, 0.25) is 0 Å². The third kappa shape index (κ3) is 3.75. The first-order valence-corrected chi connectivity index (χ1v) is 7.96.